The van der Waals surface area contributed by atoms with Gasteiger partial charge in [-0.15, -0.1) is 11.3 Å². The lowest BCUT2D eigenvalue weighted by Gasteiger charge is -2.35. The average Bonchev–Trinajstić information content (AvgIpc) is 3.31. The first-order valence-electron chi connectivity index (χ1n) is 9.95. The topological polar surface area (TPSA) is 60.2 Å². The maximum absolute atomic E-state index is 14.5. The van der Waals surface area contributed by atoms with Crippen LogP contribution in [0.5, 0.6) is 0 Å². The van der Waals surface area contributed by atoms with Gasteiger partial charge in [-0.25, -0.2) is 13.8 Å². The number of nitrogens with zero attached hydrogens (tertiary/aromatic N) is 4. The summed E-state index contributed by atoms with van der Waals surface area (Å²) in [4.78, 5) is 22.1. The van der Waals surface area contributed by atoms with E-state index in [-0.39, 0.29) is 24.1 Å². The number of benzene rings is 1. The number of thiophene rings is 1. The first-order valence-corrected chi connectivity index (χ1v) is 10.8. The Hall–Kier alpha value is -3.31. The van der Waals surface area contributed by atoms with E-state index in [9.17, 15) is 13.6 Å². The molecular weight excluding hydrogens is 418 g/mol. The van der Waals surface area contributed by atoms with Crippen molar-refractivity contribution in [3.05, 3.63) is 76.1 Å². The van der Waals surface area contributed by atoms with Crippen LogP contribution in [0.4, 0.5) is 20.3 Å². The Morgan fingerprint density at radius 1 is 1.23 bits per heavy atom. The van der Waals surface area contributed by atoms with Crippen LogP contribution in [0.15, 0.2) is 54.0 Å². The first kappa shape index (κ1) is 20.9. The van der Waals surface area contributed by atoms with Crippen molar-refractivity contribution in [1.29, 1.82) is 5.26 Å². The second-order valence-electron chi connectivity index (χ2n) is 7.38. The van der Waals surface area contributed by atoms with Crippen molar-refractivity contribution in [3.8, 4) is 6.07 Å². The molecule has 0 bridgehead atoms. The largest absolute Gasteiger partial charge is 0.357 e. The Morgan fingerprint density at radius 2 is 2.03 bits per heavy atom. The quantitative estimate of drug-likeness (QED) is 0.577. The van der Waals surface area contributed by atoms with Crippen LogP contribution in [-0.4, -0.2) is 24.0 Å². The maximum Gasteiger partial charge on any atom is 0.230 e. The molecule has 1 aliphatic heterocycles. The zero-order chi connectivity index (χ0) is 21.8. The second-order valence-corrected chi connectivity index (χ2v) is 8.41. The summed E-state index contributed by atoms with van der Waals surface area (Å²) in [6.45, 7) is 1.51. The SMILES string of the molecule is N#Cc1ccc(N2CCC(C(=O)N(Cc3cccs3)c3ccc(F)cc3F)CC2)nc1. The molecule has 4 rings (SSSR count). The lowest BCUT2D eigenvalue weighted by molar-refractivity contribution is -0.123. The fraction of sp³-hybridized carbons (Fsp3) is 0.261. The lowest BCUT2D eigenvalue weighted by atomic mass is 9.94. The summed E-state index contributed by atoms with van der Waals surface area (Å²) in [6.07, 6.45) is 2.74. The zero-order valence-electron chi connectivity index (χ0n) is 16.7. The van der Waals surface area contributed by atoms with E-state index in [1.807, 2.05) is 23.6 Å². The third-order valence-electron chi connectivity index (χ3n) is 5.41. The molecule has 1 fully saturated rings. The lowest BCUT2D eigenvalue weighted by Crippen LogP contribution is -2.43. The van der Waals surface area contributed by atoms with Crippen LogP contribution in [-0.2, 0) is 11.3 Å². The Balaban J connectivity index is 1.50. The van der Waals surface area contributed by atoms with Crippen molar-refractivity contribution in [1.82, 2.24) is 4.98 Å². The van der Waals surface area contributed by atoms with Crippen LogP contribution in [0.3, 0.4) is 0 Å². The average molecular weight is 439 g/mol. The molecule has 5 nitrogen and oxygen atoms in total. The number of amides is 1. The molecule has 31 heavy (non-hydrogen) atoms. The van der Waals surface area contributed by atoms with Gasteiger partial charge in [0, 0.05) is 36.1 Å². The number of hydrogen-bond donors (Lipinski definition) is 0. The Morgan fingerprint density at radius 3 is 2.65 bits per heavy atom. The van der Waals surface area contributed by atoms with Gasteiger partial charge in [0.25, 0.3) is 0 Å². The van der Waals surface area contributed by atoms with Crippen molar-refractivity contribution in [2.24, 2.45) is 5.92 Å². The van der Waals surface area contributed by atoms with Gasteiger partial charge < -0.3 is 9.80 Å². The van der Waals surface area contributed by atoms with E-state index in [1.165, 1.54) is 34.6 Å². The number of nitriles is 1. The highest BCUT2D eigenvalue weighted by molar-refractivity contribution is 7.09. The van der Waals surface area contributed by atoms with Crippen molar-refractivity contribution in [3.63, 3.8) is 0 Å². The Bertz CT molecular complexity index is 1090. The molecule has 1 aromatic carbocycles. The number of rotatable bonds is 5. The monoisotopic (exact) mass is 438 g/mol. The van der Waals surface area contributed by atoms with Gasteiger partial charge in [-0.3, -0.25) is 4.79 Å². The molecule has 1 amide bonds. The van der Waals surface area contributed by atoms with E-state index >= 15 is 0 Å². The number of hydrogen-bond acceptors (Lipinski definition) is 5. The van der Waals surface area contributed by atoms with E-state index in [2.05, 4.69) is 9.88 Å². The smallest absolute Gasteiger partial charge is 0.230 e. The zero-order valence-corrected chi connectivity index (χ0v) is 17.5. The number of pyridine rings is 1. The highest BCUT2D eigenvalue weighted by Crippen LogP contribution is 2.29. The van der Waals surface area contributed by atoms with Crippen LogP contribution in [0.1, 0.15) is 23.3 Å². The summed E-state index contributed by atoms with van der Waals surface area (Å²) in [6, 6.07) is 12.7. The van der Waals surface area contributed by atoms with Crippen LogP contribution >= 0.6 is 11.3 Å². The molecule has 3 aromatic rings. The minimum Gasteiger partial charge on any atom is -0.357 e. The van der Waals surface area contributed by atoms with Crippen LogP contribution in [0.25, 0.3) is 0 Å². The molecule has 0 radical (unpaired) electrons. The molecular formula is C23H20F2N4OS. The molecule has 158 valence electrons. The highest BCUT2D eigenvalue weighted by Gasteiger charge is 2.31. The molecule has 2 aromatic heterocycles. The third-order valence-corrected chi connectivity index (χ3v) is 6.27. The molecule has 1 saturated heterocycles. The number of halogens is 2. The third kappa shape index (κ3) is 4.72. The predicted molar refractivity (Wildman–Crippen MR) is 116 cm³/mol. The van der Waals surface area contributed by atoms with Gasteiger partial charge in [-0.05, 0) is 48.6 Å². The minimum atomic E-state index is -0.746. The number of aromatic nitrogens is 1. The van der Waals surface area contributed by atoms with E-state index in [1.54, 1.807) is 12.1 Å². The fourth-order valence-electron chi connectivity index (χ4n) is 3.76. The van der Waals surface area contributed by atoms with E-state index < -0.39 is 11.6 Å². The Labute approximate surface area is 183 Å². The van der Waals surface area contributed by atoms with Crippen LogP contribution < -0.4 is 9.80 Å². The summed E-state index contributed by atoms with van der Waals surface area (Å²) in [5.74, 6) is -1.08. The predicted octanol–water partition coefficient (Wildman–Crippen LogP) is 4.74. The summed E-state index contributed by atoms with van der Waals surface area (Å²) < 4.78 is 28.0. The number of carbonyl (C=O) groups is 1. The van der Waals surface area contributed by atoms with E-state index in [0.717, 1.165) is 16.8 Å². The van der Waals surface area contributed by atoms with E-state index in [0.29, 0.717) is 31.5 Å². The maximum atomic E-state index is 14.5. The van der Waals surface area contributed by atoms with Gasteiger partial charge in [0.15, 0.2) is 0 Å². The highest BCUT2D eigenvalue weighted by atomic mass is 32.1. The van der Waals surface area contributed by atoms with Gasteiger partial charge in [-0.2, -0.15) is 5.26 Å². The van der Waals surface area contributed by atoms with Crippen molar-refractivity contribution < 1.29 is 13.6 Å². The molecule has 0 aliphatic carbocycles. The van der Waals surface area contributed by atoms with Crippen molar-refractivity contribution >= 4 is 28.7 Å². The van der Waals surface area contributed by atoms with Gasteiger partial charge in [0.2, 0.25) is 5.91 Å². The van der Waals surface area contributed by atoms with Gasteiger partial charge in [0.05, 0.1) is 17.8 Å². The van der Waals surface area contributed by atoms with Crippen LogP contribution in [0, 0.1) is 28.9 Å². The normalized spacial score (nSPS) is 14.3. The number of piperidine rings is 1. The molecule has 0 atom stereocenters. The minimum absolute atomic E-state index is 0.0935. The van der Waals surface area contributed by atoms with Crippen molar-refractivity contribution in [2.75, 3.05) is 22.9 Å². The summed E-state index contributed by atoms with van der Waals surface area (Å²) in [5.41, 5.74) is 0.593. The molecule has 0 spiro atoms. The summed E-state index contributed by atoms with van der Waals surface area (Å²) in [5, 5.41) is 10.8. The standard InChI is InChI=1S/C23H20F2N4OS/c24-18-4-5-21(20(25)12-18)29(15-19-2-1-11-31-19)23(30)17-7-9-28(10-8-17)22-6-3-16(13-26)14-27-22/h1-6,11-12,14,17H,7-10,15H2. The van der Waals surface area contributed by atoms with Gasteiger partial charge >= 0.3 is 0 Å². The molecule has 3 heterocycles. The Kier molecular flexibility index (Phi) is 6.23. The molecule has 0 unspecified atom stereocenters. The number of carbonyl (C=O) groups excluding carboxylic acids is 1. The summed E-state index contributed by atoms with van der Waals surface area (Å²) >= 11 is 1.49. The van der Waals surface area contributed by atoms with Gasteiger partial charge in [0.1, 0.15) is 23.5 Å². The van der Waals surface area contributed by atoms with Crippen molar-refractivity contribution in [2.45, 2.75) is 19.4 Å². The molecule has 0 saturated carbocycles. The van der Waals surface area contributed by atoms with Gasteiger partial charge in [-0.1, -0.05) is 6.07 Å². The molecule has 0 N–H and O–H groups in total. The van der Waals surface area contributed by atoms with Crippen LogP contribution in [0.2, 0.25) is 0 Å². The molecule has 8 heteroatoms. The first-order chi connectivity index (χ1) is 15.0. The molecule has 1 aliphatic rings. The second kappa shape index (κ2) is 9.23. The fourth-order valence-corrected chi connectivity index (χ4v) is 4.45. The number of anilines is 2. The van der Waals surface area contributed by atoms with E-state index in [4.69, 9.17) is 5.26 Å². The summed E-state index contributed by atoms with van der Waals surface area (Å²) in [7, 11) is 0.